The van der Waals surface area contributed by atoms with Crippen LogP contribution in [0.2, 0.25) is 5.02 Å². The van der Waals surface area contributed by atoms with Crippen LogP contribution in [-0.4, -0.2) is 15.9 Å². The van der Waals surface area contributed by atoms with Gasteiger partial charge in [0, 0.05) is 23.3 Å². The van der Waals surface area contributed by atoms with Crippen LogP contribution in [0, 0.1) is 6.92 Å². The molecule has 1 heterocycles. The molecule has 2 N–H and O–H groups in total. The summed E-state index contributed by atoms with van der Waals surface area (Å²) in [6, 6.07) is 17.0. The quantitative estimate of drug-likeness (QED) is 0.640. The van der Waals surface area contributed by atoms with E-state index >= 15 is 0 Å². The molecule has 0 atom stereocenters. The number of nitrogens with zero attached hydrogens (tertiary/aromatic N) is 2. The Kier molecular flexibility index (Phi) is 6.04. The number of anilines is 2. The Morgan fingerprint density at radius 3 is 2.33 bits per heavy atom. The SMILES string of the molecule is CCc1ccc(NC(=O)c2cc(NCc3ccc(Cl)cc3)nc(C)n2)cc1. The van der Waals surface area contributed by atoms with Crippen molar-refractivity contribution in [1.29, 1.82) is 0 Å². The summed E-state index contributed by atoms with van der Waals surface area (Å²) >= 11 is 5.90. The van der Waals surface area contributed by atoms with Crippen LogP contribution in [-0.2, 0) is 13.0 Å². The number of aryl methyl sites for hydroxylation is 2. The second-order valence-electron chi connectivity index (χ2n) is 6.17. The summed E-state index contributed by atoms with van der Waals surface area (Å²) in [4.78, 5) is 21.1. The molecule has 1 amide bonds. The highest BCUT2D eigenvalue weighted by Gasteiger charge is 2.11. The van der Waals surface area contributed by atoms with Gasteiger partial charge in [0.15, 0.2) is 0 Å². The van der Waals surface area contributed by atoms with E-state index in [4.69, 9.17) is 11.6 Å². The van der Waals surface area contributed by atoms with Gasteiger partial charge in [0.1, 0.15) is 17.3 Å². The van der Waals surface area contributed by atoms with E-state index in [-0.39, 0.29) is 5.91 Å². The van der Waals surface area contributed by atoms with Crippen molar-refractivity contribution in [3.05, 3.63) is 82.3 Å². The summed E-state index contributed by atoms with van der Waals surface area (Å²) < 4.78 is 0. The molecule has 0 aliphatic rings. The maximum Gasteiger partial charge on any atom is 0.274 e. The van der Waals surface area contributed by atoms with Crippen LogP contribution in [0.1, 0.15) is 34.4 Å². The van der Waals surface area contributed by atoms with Gasteiger partial charge in [0.05, 0.1) is 0 Å². The molecule has 0 unspecified atom stereocenters. The summed E-state index contributed by atoms with van der Waals surface area (Å²) in [7, 11) is 0. The van der Waals surface area contributed by atoms with Crippen molar-refractivity contribution in [2.45, 2.75) is 26.8 Å². The molecule has 0 radical (unpaired) electrons. The van der Waals surface area contributed by atoms with E-state index in [1.807, 2.05) is 48.5 Å². The summed E-state index contributed by atoms with van der Waals surface area (Å²) in [5.74, 6) is 0.866. The van der Waals surface area contributed by atoms with Crippen LogP contribution in [0.15, 0.2) is 54.6 Å². The van der Waals surface area contributed by atoms with Crippen LogP contribution < -0.4 is 10.6 Å². The molecule has 0 saturated heterocycles. The minimum absolute atomic E-state index is 0.265. The van der Waals surface area contributed by atoms with E-state index in [0.29, 0.717) is 28.9 Å². The van der Waals surface area contributed by atoms with E-state index in [1.54, 1.807) is 13.0 Å². The molecule has 0 fully saturated rings. The van der Waals surface area contributed by atoms with Gasteiger partial charge < -0.3 is 10.6 Å². The fraction of sp³-hybridized carbons (Fsp3) is 0.190. The third-order valence-corrected chi connectivity index (χ3v) is 4.33. The maximum absolute atomic E-state index is 12.5. The molecule has 0 aliphatic heterocycles. The molecule has 3 rings (SSSR count). The standard InChI is InChI=1S/C21H21ClN4O/c1-3-15-6-10-18(11-7-15)26-21(27)19-12-20(25-14(2)24-19)23-13-16-4-8-17(22)9-5-16/h4-12H,3,13H2,1-2H3,(H,26,27)(H,23,24,25). The lowest BCUT2D eigenvalue weighted by Crippen LogP contribution is -2.15. The second kappa shape index (κ2) is 8.64. The predicted octanol–water partition coefficient (Wildman–Crippen LogP) is 4.87. The molecule has 0 saturated carbocycles. The zero-order valence-corrected chi connectivity index (χ0v) is 16.0. The van der Waals surface area contributed by atoms with Gasteiger partial charge in [0.25, 0.3) is 5.91 Å². The van der Waals surface area contributed by atoms with Gasteiger partial charge in [-0.15, -0.1) is 0 Å². The zero-order valence-electron chi connectivity index (χ0n) is 15.3. The highest BCUT2D eigenvalue weighted by Crippen LogP contribution is 2.14. The molecular weight excluding hydrogens is 360 g/mol. The number of nitrogens with one attached hydrogen (secondary N) is 2. The average Bonchev–Trinajstić information content (AvgIpc) is 2.68. The third-order valence-electron chi connectivity index (χ3n) is 4.08. The number of carbonyl (C=O) groups is 1. The van der Waals surface area contributed by atoms with Gasteiger partial charge in [-0.1, -0.05) is 42.8 Å². The first-order chi connectivity index (χ1) is 13.0. The van der Waals surface area contributed by atoms with Crippen molar-refractivity contribution < 1.29 is 4.79 Å². The Balaban J connectivity index is 1.69. The molecule has 138 valence electrons. The first-order valence-corrected chi connectivity index (χ1v) is 9.15. The lowest BCUT2D eigenvalue weighted by Gasteiger charge is -2.10. The normalized spacial score (nSPS) is 10.5. The van der Waals surface area contributed by atoms with E-state index in [9.17, 15) is 4.79 Å². The minimum Gasteiger partial charge on any atom is -0.366 e. The fourth-order valence-corrected chi connectivity index (χ4v) is 2.71. The summed E-state index contributed by atoms with van der Waals surface area (Å²) in [5, 5.41) is 6.79. The summed E-state index contributed by atoms with van der Waals surface area (Å²) in [5.41, 5.74) is 3.35. The van der Waals surface area contributed by atoms with E-state index in [2.05, 4.69) is 27.5 Å². The number of amides is 1. The highest BCUT2D eigenvalue weighted by atomic mass is 35.5. The first kappa shape index (κ1) is 18.9. The number of aromatic nitrogens is 2. The Labute approximate surface area is 163 Å². The van der Waals surface area contributed by atoms with Crippen molar-refractivity contribution >= 4 is 29.0 Å². The molecule has 1 aromatic heterocycles. The number of halogens is 1. The molecule has 6 heteroatoms. The Morgan fingerprint density at radius 1 is 1.00 bits per heavy atom. The lowest BCUT2D eigenvalue weighted by atomic mass is 10.1. The van der Waals surface area contributed by atoms with E-state index < -0.39 is 0 Å². The molecule has 2 aromatic carbocycles. The van der Waals surface area contributed by atoms with E-state index in [1.165, 1.54) is 5.56 Å². The van der Waals surface area contributed by atoms with Gasteiger partial charge in [-0.25, -0.2) is 9.97 Å². The van der Waals surface area contributed by atoms with Gasteiger partial charge in [-0.3, -0.25) is 4.79 Å². The van der Waals surface area contributed by atoms with Crippen molar-refractivity contribution in [1.82, 2.24) is 9.97 Å². The number of benzene rings is 2. The minimum atomic E-state index is -0.265. The van der Waals surface area contributed by atoms with Crippen LogP contribution in [0.4, 0.5) is 11.5 Å². The van der Waals surface area contributed by atoms with Crippen molar-refractivity contribution in [2.75, 3.05) is 10.6 Å². The van der Waals surface area contributed by atoms with Gasteiger partial charge in [-0.2, -0.15) is 0 Å². The average molecular weight is 381 g/mol. The smallest absolute Gasteiger partial charge is 0.274 e. The Morgan fingerprint density at radius 2 is 1.67 bits per heavy atom. The molecule has 27 heavy (non-hydrogen) atoms. The third kappa shape index (κ3) is 5.28. The topological polar surface area (TPSA) is 66.9 Å². The lowest BCUT2D eigenvalue weighted by molar-refractivity contribution is 0.102. The van der Waals surface area contributed by atoms with Gasteiger partial charge in [0.2, 0.25) is 0 Å². The molecule has 3 aromatic rings. The van der Waals surface area contributed by atoms with Crippen molar-refractivity contribution in [3.8, 4) is 0 Å². The second-order valence-corrected chi connectivity index (χ2v) is 6.61. The summed E-state index contributed by atoms with van der Waals surface area (Å²) in [6.07, 6.45) is 0.960. The Hall–Kier alpha value is -2.92. The summed E-state index contributed by atoms with van der Waals surface area (Å²) in [6.45, 7) is 4.43. The van der Waals surface area contributed by atoms with Crippen molar-refractivity contribution in [2.24, 2.45) is 0 Å². The first-order valence-electron chi connectivity index (χ1n) is 8.78. The van der Waals surface area contributed by atoms with Crippen LogP contribution in [0.3, 0.4) is 0 Å². The number of hydrogen-bond donors (Lipinski definition) is 2. The monoisotopic (exact) mass is 380 g/mol. The number of hydrogen-bond acceptors (Lipinski definition) is 4. The number of rotatable bonds is 6. The fourth-order valence-electron chi connectivity index (χ4n) is 2.59. The van der Waals surface area contributed by atoms with Crippen molar-refractivity contribution in [3.63, 3.8) is 0 Å². The largest absolute Gasteiger partial charge is 0.366 e. The highest BCUT2D eigenvalue weighted by molar-refractivity contribution is 6.30. The van der Waals surface area contributed by atoms with Gasteiger partial charge >= 0.3 is 0 Å². The molecule has 0 spiro atoms. The predicted molar refractivity (Wildman–Crippen MR) is 109 cm³/mol. The van der Waals surface area contributed by atoms with Crippen LogP contribution >= 0.6 is 11.6 Å². The molecule has 0 bridgehead atoms. The molecule has 0 aliphatic carbocycles. The molecular formula is C21H21ClN4O. The van der Waals surface area contributed by atoms with Gasteiger partial charge in [-0.05, 0) is 48.7 Å². The maximum atomic E-state index is 12.5. The van der Waals surface area contributed by atoms with Crippen LogP contribution in [0.25, 0.3) is 0 Å². The zero-order chi connectivity index (χ0) is 19.2. The number of carbonyl (C=O) groups excluding carboxylic acids is 1. The van der Waals surface area contributed by atoms with Crippen LogP contribution in [0.5, 0.6) is 0 Å². The molecule has 5 nitrogen and oxygen atoms in total. The van der Waals surface area contributed by atoms with E-state index in [0.717, 1.165) is 17.7 Å². The Bertz CT molecular complexity index is 924.